The molecule has 1 aliphatic carbocycles. The Balaban J connectivity index is 0.00000128. The zero-order chi connectivity index (χ0) is 10.3. The number of nitrogens with one attached hydrogen (secondary N) is 1. The minimum absolute atomic E-state index is 0. The highest BCUT2D eigenvalue weighted by atomic mass is 35.5. The van der Waals surface area contributed by atoms with Gasteiger partial charge in [-0.2, -0.15) is 0 Å². The van der Waals surface area contributed by atoms with Crippen molar-refractivity contribution in [2.45, 2.75) is 57.3 Å². The second-order valence-electron chi connectivity index (χ2n) is 4.62. The van der Waals surface area contributed by atoms with Crippen LogP contribution in [0, 0.1) is 0 Å². The van der Waals surface area contributed by atoms with Crippen LogP contribution in [0.3, 0.4) is 0 Å². The summed E-state index contributed by atoms with van der Waals surface area (Å²) in [5.74, 6) is 0. The van der Waals surface area contributed by atoms with Crippen molar-refractivity contribution in [3.8, 4) is 0 Å². The van der Waals surface area contributed by atoms with Crippen molar-refractivity contribution < 1.29 is 9.47 Å². The fraction of sp³-hybridized carbons (Fsp3) is 1.00. The number of hydrogen-bond acceptors (Lipinski definition) is 3. The van der Waals surface area contributed by atoms with E-state index in [1.165, 1.54) is 32.1 Å². The highest BCUT2D eigenvalue weighted by Gasteiger charge is 2.17. The molecule has 0 aromatic rings. The SMILES string of the molecule is C1CCC(NCC2OCCCCO2)CC1.Cl. The molecule has 2 fully saturated rings. The van der Waals surface area contributed by atoms with E-state index in [-0.39, 0.29) is 18.7 Å². The van der Waals surface area contributed by atoms with Gasteiger partial charge in [0.15, 0.2) is 6.29 Å². The molecule has 0 unspecified atom stereocenters. The summed E-state index contributed by atoms with van der Waals surface area (Å²) < 4.78 is 11.2. The first-order valence-electron chi connectivity index (χ1n) is 6.42. The van der Waals surface area contributed by atoms with Crippen LogP contribution in [0.5, 0.6) is 0 Å². The van der Waals surface area contributed by atoms with Crippen LogP contribution in [0.25, 0.3) is 0 Å². The number of ether oxygens (including phenoxy) is 2. The van der Waals surface area contributed by atoms with Crippen LogP contribution in [0.1, 0.15) is 44.9 Å². The molecule has 2 rings (SSSR count). The molecule has 0 aromatic carbocycles. The largest absolute Gasteiger partial charge is 0.351 e. The van der Waals surface area contributed by atoms with E-state index in [2.05, 4.69) is 5.32 Å². The lowest BCUT2D eigenvalue weighted by molar-refractivity contribution is -0.124. The molecule has 1 aliphatic heterocycles. The van der Waals surface area contributed by atoms with Gasteiger partial charge in [0.1, 0.15) is 0 Å². The summed E-state index contributed by atoms with van der Waals surface area (Å²) in [5, 5.41) is 3.57. The Morgan fingerprint density at radius 3 is 2.12 bits per heavy atom. The minimum atomic E-state index is -0.00516. The van der Waals surface area contributed by atoms with Crippen LogP contribution in [0.15, 0.2) is 0 Å². The molecular formula is C12H24ClNO2. The van der Waals surface area contributed by atoms with Crippen molar-refractivity contribution in [2.24, 2.45) is 0 Å². The van der Waals surface area contributed by atoms with Crippen molar-refractivity contribution in [1.29, 1.82) is 0 Å². The van der Waals surface area contributed by atoms with Gasteiger partial charge in [-0.05, 0) is 25.7 Å². The lowest BCUT2D eigenvalue weighted by Crippen LogP contribution is -2.38. The van der Waals surface area contributed by atoms with Gasteiger partial charge in [-0.3, -0.25) is 0 Å². The molecule has 16 heavy (non-hydrogen) atoms. The van der Waals surface area contributed by atoms with Crippen molar-refractivity contribution in [3.05, 3.63) is 0 Å². The van der Waals surface area contributed by atoms with E-state index in [1.54, 1.807) is 0 Å². The molecule has 1 saturated carbocycles. The zero-order valence-electron chi connectivity index (χ0n) is 9.95. The molecule has 1 N–H and O–H groups in total. The van der Waals surface area contributed by atoms with Gasteiger partial charge < -0.3 is 14.8 Å². The van der Waals surface area contributed by atoms with Crippen molar-refractivity contribution in [1.82, 2.24) is 5.32 Å². The highest BCUT2D eigenvalue weighted by molar-refractivity contribution is 5.85. The maximum Gasteiger partial charge on any atom is 0.169 e. The van der Waals surface area contributed by atoms with Gasteiger partial charge in [-0.1, -0.05) is 19.3 Å². The maximum atomic E-state index is 5.61. The monoisotopic (exact) mass is 249 g/mol. The van der Waals surface area contributed by atoms with E-state index in [0.29, 0.717) is 6.04 Å². The summed E-state index contributed by atoms with van der Waals surface area (Å²) in [5.41, 5.74) is 0. The molecule has 1 saturated heterocycles. The Labute approximate surface area is 105 Å². The molecular weight excluding hydrogens is 226 g/mol. The number of halogens is 1. The van der Waals surface area contributed by atoms with Crippen LogP contribution in [-0.2, 0) is 9.47 Å². The Bertz CT molecular complexity index is 166. The Kier molecular flexibility index (Phi) is 7.37. The van der Waals surface area contributed by atoms with E-state index < -0.39 is 0 Å². The van der Waals surface area contributed by atoms with Crippen molar-refractivity contribution in [2.75, 3.05) is 19.8 Å². The van der Waals surface area contributed by atoms with Gasteiger partial charge in [0, 0.05) is 25.8 Å². The fourth-order valence-electron chi connectivity index (χ4n) is 2.37. The van der Waals surface area contributed by atoms with Crippen LogP contribution >= 0.6 is 12.4 Å². The third kappa shape index (κ3) is 5.00. The molecule has 0 bridgehead atoms. The van der Waals surface area contributed by atoms with Crippen molar-refractivity contribution in [3.63, 3.8) is 0 Å². The minimum Gasteiger partial charge on any atom is -0.351 e. The number of hydrogen-bond donors (Lipinski definition) is 1. The van der Waals surface area contributed by atoms with Gasteiger partial charge in [-0.25, -0.2) is 0 Å². The van der Waals surface area contributed by atoms with Gasteiger partial charge in [0.05, 0.1) is 0 Å². The summed E-state index contributed by atoms with van der Waals surface area (Å²) in [4.78, 5) is 0. The first kappa shape index (κ1) is 14.2. The van der Waals surface area contributed by atoms with Crippen LogP contribution in [0.4, 0.5) is 0 Å². The summed E-state index contributed by atoms with van der Waals surface area (Å²) in [7, 11) is 0. The molecule has 0 spiro atoms. The zero-order valence-corrected chi connectivity index (χ0v) is 10.8. The second-order valence-corrected chi connectivity index (χ2v) is 4.62. The molecule has 0 aromatic heterocycles. The van der Waals surface area contributed by atoms with E-state index in [9.17, 15) is 0 Å². The van der Waals surface area contributed by atoms with Crippen LogP contribution in [-0.4, -0.2) is 32.1 Å². The maximum absolute atomic E-state index is 5.61. The van der Waals surface area contributed by atoms with Gasteiger partial charge >= 0.3 is 0 Å². The predicted molar refractivity (Wildman–Crippen MR) is 67.0 cm³/mol. The first-order valence-corrected chi connectivity index (χ1v) is 6.42. The first-order chi connectivity index (χ1) is 7.45. The average molecular weight is 250 g/mol. The second kappa shape index (κ2) is 8.29. The third-order valence-electron chi connectivity index (χ3n) is 3.32. The molecule has 96 valence electrons. The van der Waals surface area contributed by atoms with Crippen LogP contribution in [0.2, 0.25) is 0 Å². The molecule has 0 atom stereocenters. The third-order valence-corrected chi connectivity index (χ3v) is 3.32. The van der Waals surface area contributed by atoms with Crippen molar-refractivity contribution >= 4 is 12.4 Å². The Morgan fingerprint density at radius 1 is 0.875 bits per heavy atom. The average Bonchev–Trinajstić information content (AvgIpc) is 2.56. The standard InChI is InChI=1S/C12H23NO2.ClH/c1-2-6-11(7-3-1)13-10-12-14-8-4-5-9-15-12;/h11-13H,1-10H2;1H. The van der Waals surface area contributed by atoms with E-state index >= 15 is 0 Å². The summed E-state index contributed by atoms with van der Waals surface area (Å²) in [6.45, 7) is 2.58. The quantitative estimate of drug-likeness (QED) is 0.834. The van der Waals surface area contributed by atoms with E-state index in [1.807, 2.05) is 0 Å². The van der Waals surface area contributed by atoms with Gasteiger partial charge in [0.25, 0.3) is 0 Å². The lowest BCUT2D eigenvalue weighted by Gasteiger charge is -2.25. The smallest absolute Gasteiger partial charge is 0.169 e. The van der Waals surface area contributed by atoms with E-state index in [4.69, 9.17) is 9.47 Å². The van der Waals surface area contributed by atoms with E-state index in [0.717, 1.165) is 32.6 Å². The molecule has 3 nitrogen and oxygen atoms in total. The molecule has 0 radical (unpaired) electrons. The molecule has 0 amide bonds. The lowest BCUT2D eigenvalue weighted by atomic mass is 9.95. The van der Waals surface area contributed by atoms with Gasteiger partial charge in [-0.15, -0.1) is 12.4 Å². The topological polar surface area (TPSA) is 30.5 Å². The summed E-state index contributed by atoms with van der Waals surface area (Å²) in [6, 6.07) is 0.703. The molecule has 1 heterocycles. The Hall–Kier alpha value is 0.170. The summed E-state index contributed by atoms with van der Waals surface area (Å²) >= 11 is 0. The fourth-order valence-corrected chi connectivity index (χ4v) is 2.37. The molecule has 4 heteroatoms. The summed E-state index contributed by atoms with van der Waals surface area (Å²) in [6.07, 6.45) is 9.09. The molecule has 2 aliphatic rings. The normalized spacial score (nSPS) is 24.8. The Morgan fingerprint density at radius 2 is 1.50 bits per heavy atom. The van der Waals surface area contributed by atoms with Crippen LogP contribution < -0.4 is 5.32 Å². The predicted octanol–water partition coefficient (Wildman–Crippen LogP) is 2.48. The number of rotatable bonds is 3. The highest BCUT2D eigenvalue weighted by Crippen LogP contribution is 2.17. The van der Waals surface area contributed by atoms with Gasteiger partial charge in [0.2, 0.25) is 0 Å².